The lowest BCUT2D eigenvalue weighted by Crippen LogP contribution is -2.46. The summed E-state index contributed by atoms with van der Waals surface area (Å²) >= 11 is 7.33. The Bertz CT molecular complexity index is 711. The average Bonchev–Trinajstić information content (AvgIpc) is 3.08. The molecule has 2 heterocycles. The van der Waals surface area contributed by atoms with Gasteiger partial charge in [-0.3, -0.25) is 4.79 Å². The van der Waals surface area contributed by atoms with Gasteiger partial charge in [0.2, 0.25) is 11.1 Å². The number of benzene rings is 1. The summed E-state index contributed by atoms with van der Waals surface area (Å²) in [6.45, 7) is 3.94. The minimum absolute atomic E-state index is 0.0717. The Morgan fingerprint density at radius 1 is 1.50 bits per heavy atom. The third-order valence-corrected chi connectivity index (χ3v) is 4.90. The number of ether oxygens (including phenoxy) is 1. The summed E-state index contributed by atoms with van der Waals surface area (Å²) in [5, 5.41) is 12.8. The van der Waals surface area contributed by atoms with Crippen LogP contribution in [0.4, 0.5) is 0 Å². The van der Waals surface area contributed by atoms with Crippen LogP contribution in [0.3, 0.4) is 0 Å². The van der Waals surface area contributed by atoms with Crippen LogP contribution in [-0.4, -0.2) is 62.6 Å². The molecule has 24 heavy (non-hydrogen) atoms. The molecule has 1 aliphatic rings. The number of carbonyl (C=O) groups excluding carboxylic acids is 1. The van der Waals surface area contributed by atoms with Crippen LogP contribution < -0.4 is 0 Å². The van der Waals surface area contributed by atoms with Crippen molar-refractivity contribution in [2.45, 2.75) is 24.6 Å². The number of hydrogen-bond acceptors (Lipinski definition) is 6. The number of morpholine rings is 1. The molecule has 0 saturated carbocycles. The highest BCUT2D eigenvalue weighted by atomic mass is 35.5. The highest BCUT2D eigenvalue weighted by Gasteiger charge is 2.23. The fourth-order valence-electron chi connectivity index (χ4n) is 2.45. The van der Waals surface area contributed by atoms with E-state index in [0.29, 0.717) is 29.9 Å². The lowest BCUT2D eigenvalue weighted by molar-refractivity contribution is -0.135. The highest BCUT2D eigenvalue weighted by Crippen LogP contribution is 2.21. The Hall–Kier alpha value is -1.64. The maximum Gasteiger partial charge on any atom is 0.233 e. The maximum absolute atomic E-state index is 12.4. The number of aromatic nitrogens is 4. The van der Waals surface area contributed by atoms with Gasteiger partial charge in [-0.2, -0.15) is 4.68 Å². The predicted octanol–water partition coefficient (Wildman–Crippen LogP) is 2.05. The number of thioether (sulfide) groups is 1. The topological polar surface area (TPSA) is 73.1 Å². The number of carbonyl (C=O) groups is 1. The molecule has 128 valence electrons. The van der Waals surface area contributed by atoms with Crippen LogP contribution in [0.25, 0.3) is 5.69 Å². The Morgan fingerprint density at radius 3 is 3.17 bits per heavy atom. The fraction of sp³-hybridized carbons (Fsp3) is 0.467. The summed E-state index contributed by atoms with van der Waals surface area (Å²) in [6.07, 6.45) is 1.04. The summed E-state index contributed by atoms with van der Waals surface area (Å²) in [5.41, 5.74) is 0.764. The number of tetrazole rings is 1. The van der Waals surface area contributed by atoms with Crippen molar-refractivity contribution in [2.75, 3.05) is 25.4 Å². The zero-order chi connectivity index (χ0) is 16.9. The van der Waals surface area contributed by atoms with Crippen LogP contribution in [-0.2, 0) is 9.53 Å². The smallest absolute Gasteiger partial charge is 0.233 e. The molecule has 0 spiro atoms. The van der Waals surface area contributed by atoms with Crippen LogP contribution in [0.2, 0.25) is 5.02 Å². The first kappa shape index (κ1) is 17.2. The molecule has 1 aromatic carbocycles. The van der Waals surface area contributed by atoms with Gasteiger partial charge in [0.1, 0.15) is 0 Å². The molecule has 0 radical (unpaired) electrons. The van der Waals surface area contributed by atoms with E-state index in [9.17, 15) is 4.79 Å². The van der Waals surface area contributed by atoms with Gasteiger partial charge >= 0.3 is 0 Å². The highest BCUT2D eigenvalue weighted by molar-refractivity contribution is 7.99. The van der Waals surface area contributed by atoms with Crippen LogP contribution in [0.5, 0.6) is 0 Å². The van der Waals surface area contributed by atoms with Crippen LogP contribution >= 0.6 is 23.4 Å². The minimum atomic E-state index is 0.0717. The van der Waals surface area contributed by atoms with Crippen molar-refractivity contribution in [2.24, 2.45) is 0 Å². The Morgan fingerprint density at radius 2 is 2.38 bits per heavy atom. The van der Waals surface area contributed by atoms with Crippen molar-refractivity contribution >= 4 is 29.3 Å². The molecule has 1 aromatic heterocycles. The van der Waals surface area contributed by atoms with E-state index in [4.69, 9.17) is 16.3 Å². The molecule has 1 saturated heterocycles. The van der Waals surface area contributed by atoms with E-state index in [0.717, 1.165) is 12.1 Å². The predicted molar refractivity (Wildman–Crippen MR) is 91.5 cm³/mol. The zero-order valence-corrected chi connectivity index (χ0v) is 14.8. The molecule has 3 rings (SSSR count). The third-order valence-electron chi connectivity index (χ3n) is 3.77. The summed E-state index contributed by atoms with van der Waals surface area (Å²) in [5.74, 6) is 0.361. The van der Waals surface area contributed by atoms with Gasteiger partial charge in [-0.15, -0.1) is 5.10 Å². The Kier molecular flexibility index (Phi) is 5.70. The number of halogens is 1. The quantitative estimate of drug-likeness (QED) is 0.753. The fourth-order valence-corrected chi connectivity index (χ4v) is 3.43. The minimum Gasteiger partial charge on any atom is -0.375 e. The molecule has 2 aromatic rings. The molecular weight excluding hydrogens is 350 g/mol. The van der Waals surface area contributed by atoms with Gasteiger partial charge in [-0.05, 0) is 35.0 Å². The molecule has 1 aliphatic heterocycles. The normalized spacial score (nSPS) is 17.9. The SMILES string of the molecule is CCC1CN(C(=O)CSc2nnnn2-c2cccc(Cl)c2)CCO1. The van der Waals surface area contributed by atoms with Gasteiger partial charge in [0.25, 0.3) is 0 Å². The van der Waals surface area contributed by atoms with Crippen LogP contribution in [0.15, 0.2) is 29.4 Å². The molecule has 0 aliphatic carbocycles. The van der Waals surface area contributed by atoms with Gasteiger partial charge in [-0.1, -0.05) is 36.4 Å². The molecule has 1 atom stereocenters. The van der Waals surface area contributed by atoms with Crippen molar-refractivity contribution in [3.8, 4) is 5.69 Å². The van der Waals surface area contributed by atoms with Crippen molar-refractivity contribution in [3.05, 3.63) is 29.3 Å². The molecule has 0 bridgehead atoms. The van der Waals surface area contributed by atoms with Crippen molar-refractivity contribution in [1.82, 2.24) is 25.1 Å². The second-order valence-corrected chi connectivity index (χ2v) is 6.76. The van der Waals surface area contributed by atoms with E-state index in [1.165, 1.54) is 11.8 Å². The third kappa shape index (κ3) is 4.06. The molecule has 0 N–H and O–H groups in total. The van der Waals surface area contributed by atoms with E-state index < -0.39 is 0 Å². The van der Waals surface area contributed by atoms with Gasteiger partial charge in [0, 0.05) is 18.1 Å². The summed E-state index contributed by atoms with van der Waals surface area (Å²) in [6, 6.07) is 7.26. The van der Waals surface area contributed by atoms with E-state index in [2.05, 4.69) is 22.4 Å². The van der Waals surface area contributed by atoms with Crippen molar-refractivity contribution in [1.29, 1.82) is 0 Å². The van der Waals surface area contributed by atoms with Gasteiger partial charge in [0.05, 0.1) is 24.2 Å². The first-order chi connectivity index (χ1) is 11.7. The Balaban J connectivity index is 1.63. The lowest BCUT2D eigenvalue weighted by Gasteiger charge is -2.32. The molecule has 1 amide bonds. The van der Waals surface area contributed by atoms with Gasteiger partial charge < -0.3 is 9.64 Å². The molecule has 1 unspecified atom stereocenters. The van der Waals surface area contributed by atoms with Gasteiger partial charge in [-0.25, -0.2) is 0 Å². The molecule has 1 fully saturated rings. The monoisotopic (exact) mass is 367 g/mol. The first-order valence-corrected chi connectivity index (χ1v) is 9.10. The largest absolute Gasteiger partial charge is 0.375 e. The molecular formula is C15H18ClN5O2S. The van der Waals surface area contributed by atoms with E-state index in [-0.39, 0.29) is 17.8 Å². The first-order valence-electron chi connectivity index (χ1n) is 7.74. The summed E-state index contributed by atoms with van der Waals surface area (Å²) in [7, 11) is 0. The lowest BCUT2D eigenvalue weighted by atomic mass is 10.2. The number of amides is 1. The summed E-state index contributed by atoms with van der Waals surface area (Å²) in [4.78, 5) is 14.3. The van der Waals surface area contributed by atoms with Crippen molar-refractivity contribution in [3.63, 3.8) is 0 Å². The van der Waals surface area contributed by atoms with E-state index in [1.54, 1.807) is 16.8 Å². The number of nitrogens with zero attached hydrogens (tertiary/aromatic N) is 5. The zero-order valence-electron chi connectivity index (χ0n) is 13.3. The van der Waals surface area contributed by atoms with E-state index in [1.807, 2.05) is 17.0 Å². The summed E-state index contributed by atoms with van der Waals surface area (Å²) < 4.78 is 7.18. The van der Waals surface area contributed by atoms with Crippen molar-refractivity contribution < 1.29 is 9.53 Å². The molecule has 7 nitrogen and oxygen atoms in total. The maximum atomic E-state index is 12.4. The van der Waals surface area contributed by atoms with Gasteiger partial charge in [0.15, 0.2) is 0 Å². The second-order valence-electron chi connectivity index (χ2n) is 5.38. The molecule has 9 heteroatoms. The standard InChI is InChI=1S/C15H18ClN5O2S/c1-2-13-9-20(6-7-23-13)14(22)10-24-15-17-18-19-21(15)12-5-3-4-11(16)8-12/h3-5,8,13H,2,6-7,9-10H2,1H3. The average molecular weight is 368 g/mol. The second kappa shape index (κ2) is 7.96. The van der Waals surface area contributed by atoms with Crippen LogP contribution in [0, 0.1) is 0 Å². The number of rotatable bonds is 5. The Labute approximate surface area is 149 Å². The van der Waals surface area contributed by atoms with Crippen LogP contribution in [0.1, 0.15) is 13.3 Å². The van der Waals surface area contributed by atoms with E-state index >= 15 is 0 Å². The number of hydrogen-bond donors (Lipinski definition) is 0.